The molecule has 2 rings (SSSR count). The standard InChI is InChI=1S/C18H23NO4/c1-4-23-15(20)10-12(9-11(2)3)16-17(21)13-7-5-6-8-14(13)19-18(16)22/h5-8,11-12H,4,9-10H2,1-3H3,(H2,19,21,22)/t12-/m0/s1. The SMILES string of the molecule is CCOC(=O)C[C@H](CC(C)C)c1c(O)c2ccccc2[nH]c1=O. The van der Waals surface area contributed by atoms with Crippen molar-refractivity contribution < 1.29 is 14.6 Å². The maximum absolute atomic E-state index is 12.4. The normalized spacial score (nSPS) is 12.5. The Labute approximate surface area is 135 Å². The van der Waals surface area contributed by atoms with Gasteiger partial charge in [0.1, 0.15) is 5.75 Å². The van der Waals surface area contributed by atoms with Crippen molar-refractivity contribution in [3.63, 3.8) is 0 Å². The number of hydrogen-bond donors (Lipinski definition) is 2. The molecule has 0 bridgehead atoms. The molecular weight excluding hydrogens is 294 g/mol. The number of nitrogens with one attached hydrogen (secondary N) is 1. The number of para-hydroxylation sites is 1. The number of ether oxygens (including phenoxy) is 1. The number of hydrogen-bond acceptors (Lipinski definition) is 4. The second-order valence-electron chi connectivity index (χ2n) is 6.10. The molecule has 0 aliphatic heterocycles. The number of esters is 1. The lowest BCUT2D eigenvalue weighted by molar-refractivity contribution is -0.143. The van der Waals surface area contributed by atoms with Crippen molar-refractivity contribution in [2.24, 2.45) is 5.92 Å². The number of aromatic nitrogens is 1. The van der Waals surface area contributed by atoms with Crippen molar-refractivity contribution in [2.45, 2.75) is 39.5 Å². The van der Waals surface area contributed by atoms with Gasteiger partial charge in [0, 0.05) is 11.3 Å². The van der Waals surface area contributed by atoms with Crippen LogP contribution in [-0.4, -0.2) is 22.7 Å². The molecule has 0 spiro atoms. The van der Waals surface area contributed by atoms with Crippen LogP contribution in [0, 0.1) is 5.92 Å². The van der Waals surface area contributed by atoms with Gasteiger partial charge in [0.05, 0.1) is 24.1 Å². The maximum atomic E-state index is 12.4. The zero-order chi connectivity index (χ0) is 17.0. The Kier molecular flexibility index (Phi) is 5.42. The summed E-state index contributed by atoms with van der Waals surface area (Å²) < 4.78 is 5.01. The van der Waals surface area contributed by atoms with Crippen molar-refractivity contribution in [3.8, 4) is 5.75 Å². The average molecular weight is 317 g/mol. The minimum Gasteiger partial charge on any atom is -0.507 e. The van der Waals surface area contributed by atoms with Crippen LogP contribution in [0.3, 0.4) is 0 Å². The first-order chi connectivity index (χ1) is 10.9. The van der Waals surface area contributed by atoms with E-state index in [4.69, 9.17) is 4.74 Å². The van der Waals surface area contributed by atoms with E-state index >= 15 is 0 Å². The summed E-state index contributed by atoms with van der Waals surface area (Å²) in [6, 6.07) is 7.08. The summed E-state index contributed by atoms with van der Waals surface area (Å²) in [7, 11) is 0. The Balaban J connectivity index is 2.51. The van der Waals surface area contributed by atoms with Gasteiger partial charge in [-0.25, -0.2) is 0 Å². The van der Waals surface area contributed by atoms with E-state index in [1.54, 1.807) is 31.2 Å². The highest BCUT2D eigenvalue weighted by Crippen LogP contribution is 2.34. The van der Waals surface area contributed by atoms with Crippen molar-refractivity contribution in [3.05, 3.63) is 40.2 Å². The Morgan fingerprint density at radius 3 is 2.65 bits per heavy atom. The average Bonchev–Trinajstić information content (AvgIpc) is 2.46. The Hall–Kier alpha value is -2.30. The zero-order valence-corrected chi connectivity index (χ0v) is 13.8. The predicted molar refractivity (Wildman–Crippen MR) is 89.7 cm³/mol. The molecule has 5 heteroatoms. The van der Waals surface area contributed by atoms with E-state index in [9.17, 15) is 14.7 Å². The number of aromatic amines is 1. The molecule has 2 aromatic rings. The lowest BCUT2D eigenvalue weighted by Gasteiger charge is -2.19. The maximum Gasteiger partial charge on any atom is 0.306 e. The van der Waals surface area contributed by atoms with E-state index in [1.165, 1.54) is 0 Å². The topological polar surface area (TPSA) is 79.4 Å². The second-order valence-corrected chi connectivity index (χ2v) is 6.10. The molecule has 1 aromatic carbocycles. The molecule has 0 fully saturated rings. The number of fused-ring (bicyclic) bond motifs is 1. The second kappa shape index (κ2) is 7.31. The third-order valence-electron chi connectivity index (χ3n) is 3.81. The van der Waals surface area contributed by atoms with E-state index in [1.807, 2.05) is 13.8 Å². The first-order valence-corrected chi connectivity index (χ1v) is 7.93. The molecule has 0 saturated heterocycles. The predicted octanol–water partition coefficient (Wildman–Crippen LogP) is 3.32. The van der Waals surface area contributed by atoms with E-state index in [2.05, 4.69) is 4.98 Å². The van der Waals surface area contributed by atoms with E-state index < -0.39 is 0 Å². The molecule has 23 heavy (non-hydrogen) atoms. The highest BCUT2D eigenvalue weighted by atomic mass is 16.5. The van der Waals surface area contributed by atoms with Gasteiger partial charge in [-0.05, 0) is 31.4 Å². The summed E-state index contributed by atoms with van der Waals surface area (Å²) in [6.07, 6.45) is 0.703. The third-order valence-corrected chi connectivity index (χ3v) is 3.81. The monoisotopic (exact) mass is 317 g/mol. The number of carbonyl (C=O) groups is 1. The molecule has 1 heterocycles. The molecule has 0 unspecified atom stereocenters. The molecule has 0 amide bonds. The molecule has 5 nitrogen and oxygen atoms in total. The van der Waals surface area contributed by atoms with Crippen LogP contribution in [-0.2, 0) is 9.53 Å². The number of H-pyrrole nitrogens is 1. The Bertz CT molecular complexity index is 748. The third kappa shape index (κ3) is 3.92. The van der Waals surface area contributed by atoms with Crippen molar-refractivity contribution in [2.75, 3.05) is 6.61 Å². The fourth-order valence-electron chi connectivity index (χ4n) is 2.91. The van der Waals surface area contributed by atoms with Crippen LogP contribution in [0.1, 0.15) is 45.1 Å². The van der Waals surface area contributed by atoms with E-state index in [0.717, 1.165) is 0 Å². The van der Waals surface area contributed by atoms with Crippen molar-refractivity contribution >= 4 is 16.9 Å². The summed E-state index contributed by atoms with van der Waals surface area (Å²) >= 11 is 0. The minimum absolute atomic E-state index is 0.0423. The van der Waals surface area contributed by atoms with Gasteiger partial charge < -0.3 is 14.8 Å². The van der Waals surface area contributed by atoms with E-state index in [-0.39, 0.29) is 41.1 Å². The molecule has 0 saturated carbocycles. The lowest BCUT2D eigenvalue weighted by Crippen LogP contribution is -2.21. The zero-order valence-electron chi connectivity index (χ0n) is 13.8. The van der Waals surface area contributed by atoms with Gasteiger partial charge in [-0.15, -0.1) is 0 Å². The summed E-state index contributed by atoms with van der Waals surface area (Å²) in [5, 5.41) is 11.2. The van der Waals surface area contributed by atoms with Crippen LogP contribution in [0.25, 0.3) is 10.9 Å². The van der Waals surface area contributed by atoms with Gasteiger partial charge in [0.15, 0.2) is 0 Å². The number of pyridine rings is 1. The van der Waals surface area contributed by atoms with E-state index in [0.29, 0.717) is 23.9 Å². The quantitative estimate of drug-likeness (QED) is 0.801. The fourth-order valence-corrected chi connectivity index (χ4v) is 2.91. The van der Waals surface area contributed by atoms with Gasteiger partial charge in [0.2, 0.25) is 0 Å². The smallest absolute Gasteiger partial charge is 0.306 e. The molecule has 124 valence electrons. The highest BCUT2D eigenvalue weighted by Gasteiger charge is 2.25. The molecule has 0 aliphatic rings. The van der Waals surface area contributed by atoms with Crippen LogP contribution < -0.4 is 5.56 Å². The van der Waals surface area contributed by atoms with Gasteiger partial charge in [-0.1, -0.05) is 26.0 Å². The number of rotatable bonds is 6. The molecule has 2 N–H and O–H groups in total. The first kappa shape index (κ1) is 17.1. The lowest BCUT2D eigenvalue weighted by atomic mass is 9.87. The van der Waals surface area contributed by atoms with Crippen LogP contribution in [0.4, 0.5) is 0 Å². The Morgan fingerprint density at radius 1 is 1.30 bits per heavy atom. The summed E-state index contributed by atoms with van der Waals surface area (Å²) in [5.41, 5.74) is 0.500. The molecule has 0 aliphatic carbocycles. The number of benzene rings is 1. The van der Waals surface area contributed by atoms with Gasteiger partial charge in [-0.2, -0.15) is 0 Å². The minimum atomic E-state index is -0.373. The van der Waals surface area contributed by atoms with Gasteiger partial charge in [-0.3, -0.25) is 9.59 Å². The van der Waals surface area contributed by atoms with Crippen molar-refractivity contribution in [1.82, 2.24) is 4.98 Å². The fraction of sp³-hybridized carbons (Fsp3) is 0.444. The van der Waals surface area contributed by atoms with Gasteiger partial charge in [0.25, 0.3) is 5.56 Å². The molecule has 0 radical (unpaired) electrons. The van der Waals surface area contributed by atoms with Crippen LogP contribution >= 0.6 is 0 Å². The van der Waals surface area contributed by atoms with Crippen LogP contribution in [0.15, 0.2) is 29.1 Å². The molecule has 1 aromatic heterocycles. The van der Waals surface area contributed by atoms with Crippen molar-refractivity contribution in [1.29, 1.82) is 0 Å². The summed E-state index contributed by atoms with van der Waals surface area (Å²) in [4.78, 5) is 27.1. The number of aromatic hydroxyl groups is 1. The highest BCUT2D eigenvalue weighted by molar-refractivity contribution is 5.86. The first-order valence-electron chi connectivity index (χ1n) is 7.93. The van der Waals surface area contributed by atoms with Crippen LogP contribution in [0.2, 0.25) is 0 Å². The van der Waals surface area contributed by atoms with Crippen LogP contribution in [0.5, 0.6) is 5.75 Å². The Morgan fingerprint density at radius 2 is 2.00 bits per heavy atom. The summed E-state index contributed by atoms with van der Waals surface area (Å²) in [5.74, 6) is -0.494. The summed E-state index contributed by atoms with van der Waals surface area (Å²) in [6.45, 7) is 6.08. The van der Waals surface area contributed by atoms with Gasteiger partial charge >= 0.3 is 5.97 Å². The number of carbonyl (C=O) groups excluding carboxylic acids is 1. The largest absolute Gasteiger partial charge is 0.507 e. The molecular formula is C18H23NO4. The molecule has 1 atom stereocenters.